The standard InChI is InChI=1S/C11H14ClNO2/c1-3-15-11(14)8(2)13-10-6-4-5-9(12)7-10/h4-8,13H,3H2,1-2H3/t8-/m0/s1. The highest BCUT2D eigenvalue weighted by atomic mass is 35.5. The molecular weight excluding hydrogens is 214 g/mol. The lowest BCUT2D eigenvalue weighted by atomic mass is 10.2. The van der Waals surface area contributed by atoms with Gasteiger partial charge in [-0.2, -0.15) is 0 Å². The monoisotopic (exact) mass is 227 g/mol. The second-order valence-electron chi connectivity index (χ2n) is 3.13. The number of benzene rings is 1. The molecule has 0 aliphatic rings. The van der Waals surface area contributed by atoms with Crippen molar-refractivity contribution in [3.05, 3.63) is 29.3 Å². The molecule has 1 rings (SSSR count). The van der Waals surface area contributed by atoms with E-state index < -0.39 is 0 Å². The van der Waals surface area contributed by atoms with Gasteiger partial charge in [0.1, 0.15) is 6.04 Å². The molecular formula is C11H14ClNO2. The first-order valence-electron chi connectivity index (χ1n) is 4.82. The Hall–Kier alpha value is -1.22. The van der Waals surface area contributed by atoms with Crippen LogP contribution in [0.4, 0.5) is 5.69 Å². The van der Waals surface area contributed by atoms with E-state index in [-0.39, 0.29) is 12.0 Å². The molecule has 1 N–H and O–H groups in total. The number of esters is 1. The molecule has 3 nitrogen and oxygen atoms in total. The van der Waals surface area contributed by atoms with Crippen molar-refractivity contribution in [3.63, 3.8) is 0 Å². The molecule has 0 spiro atoms. The third-order valence-electron chi connectivity index (χ3n) is 1.85. The van der Waals surface area contributed by atoms with Crippen molar-refractivity contribution in [2.45, 2.75) is 19.9 Å². The number of hydrogen-bond donors (Lipinski definition) is 1. The van der Waals surface area contributed by atoms with Crippen LogP contribution in [-0.2, 0) is 9.53 Å². The van der Waals surface area contributed by atoms with Gasteiger partial charge in [0.05, 0.1) is 6.61 Å². The molecule has 0 aliphatic carbocycles. The zero-order valence-electron chi connectivity index (χ0n) is 8.79. The molecule has 0 aromatic heterocycles. The fourth-order valence-electron chi connectivity index (χ4n) is 1.15. The Balaban J connectivity index is 2.58. The van der Waals surface area contributed by atoms with Crippen LogP contribution in [0, 0.1) is 0 Å². The first-order valence-corrected chi connectivity index (χ1v) is 5.20. The van der Waals surface area contributed by atoms with Crippen LogP contribution in [0.5, 0.6) is 0 Å². The van der Waals surface area contributed by atoms with Gasteiger partial charge in [-0.15, -0.1) is 0 Å². The molecule has 82 valence electrons. The minimum atomic E-state index is -0.372. The van der Waals surface area contributed by atoms with Gasteiger partial charge in [0, 0.05) is 10.7 Å². The summed E-state index contributed by atoms with van der Waals surface area (Å²) in [5.74, 6) is -0.266. The molecule has 0 radical (unpaired) electrons. The van der Waals surface area contributed by atoms with Crippen molar-refractivity contribution in [2.24, 2.45) is 0 Å². The van der Waals surface area contributed by atoms with Crippen LogP contribution in [-0.4, -0.2) is 18.6 Å². The summed E-state index contributed by atoms with van der Waals surface area (Å²) < 4.78 is 4.87. The van der Waals surface area contributed by atoms with E-state index in [9.17, 15) is 4.79 Å². The summed E-state index contributed by atoms with van der Waals surface area (Å²) >= 11 is 5.81. The van der Waals surface area contributed by atoms with Crippen LogP contribution >= 0.6 is 11.6 Å². The molecule has 0 bridgehead atoms. The molecule has 0 saturated heterocycles. The number of carbonyl (C=O) groups excluding carboxylic acids is 1. The highest BCUT2D eigenvalue weighted by Gasteiger charge is 2.12. The van der Waals surface area contributed by atoms with Crippen LogP contribution in [0.25, 0.3) is 0 Å². The molecule has 0 aliphatic heterocycles. The van der Waals surface area contributed by atoms with Crippen molar-refractivity contribution >= 4 is 23.3 Å². The van der Waals surface area contributed by atoms with E-state index >= 15 is 0 Å². The molecule has 1 aromatic carbocycles. The molecule has 4 heteroatoms. The second kappa shape index (κ2) is 5.61. The van der Waals surface area contributed by atoms with Crippen LogP contribution in [0.1, 0.15) is 13.8 Å². The highest BCUT2D eigenvalue weighted by molar-refractivity contribution is 6.30. The topological polar surface area (TPSA) is 38.3 Å². The third-order valence-corrected chi connectivity index (χ3v) is 2.08. The number of rotatable bonds is 4. The lowest BCUT2D eigenvalue weighted by Gasteiger charge is -2.13. The quantitative estimate of drug-likeness (QED) is 0.804. The smallest absolute Gasteiger partial charge is 0.328 e. The van der Waals surface area contributed by atoms with Crippen LogP contribution in [0.2, 0.25) is 5.02 Å². The van der Waals surface area contributed by atoms with Gasteiger partial charge in [-0.25, -0.2) is 4.79 Å². The lowest BCUT2D eigenvalue weighted by Crippen LogP contribution is -2.28. The van der Waals surface area contributed by atoms with Crippen molar-refractivity contribution in [2.75, 3.05) is 11.9 Å². The molecule has 0 unspecified atom stereocenters. The molecule has 1 atom stereocenters. The zero-order chi connectivity index (χ0) is 11.3. The van der Waals surface area contributed by atoms with Crippen LogP contribution in [0.3, 0.4) is 0 Å². The van der Waals surface area contributed by atoms with Gasteiger partial charge in [0.15, 0.2) is 0 Å². The highest BCUT2D eigenvalue weighted by Crippen LogP contribution is 2.15. The van der Waals surface area contributed by atoms with Gasteiger partial charge in [0.25, 0.3) is 0 Å². The summed E-state index contributed by atoms with van der Waals surface area (Å²) in [5.41, 5.74) is 0.808. The fourth-order valence-corrected chi connectivity index (χ4v) is 1.34. The van der Waals surface area contributed by atoms with Gasteiger partial charge < -0.3 is 10.1 Å². The number of carbonyl (C=O) groups is 1. The average Bonchev–Trinajstić information content (AvgIpc) is 2.18. The molecule has 0 amide bonds. The summed E-state index contributed by atoms with van der Waals surface area (Å²) in [6.45, 7) is 3.92. The summed E-state index contributed by atoms with van der Waals surface area (Å²) in [6.07, 6.45) is 0. The van der Waals surface area contributed by atoms with Crippen LogP contribution < -0.4 is 5.32 Å². The normalized spacial score (nSPS) is 11.9. The number of halogens is 1. The van der Waals surface area contributed by atoms with E-state index in [1.807, 2.05) is 12.1 Å². The Morgan fingerprint density at radius 1 is 1.60 bits per heavy atom. The Bertz CT molecular complexity index is 341. The summed E-state index contributed by atoms with van der Waals surface area (Å²) in [4.78, 5) is 11.3. The molecule has 0 saturated carbocycles. The maximum absolute atomic E-state index is 11.3. The van der Waals surface area contributed by atoms with Gasteiger partial charge >= 0.3 is 5.97 Å². The first-order chi connectivity index (χ1) is 7.13. The predicted molar refractivity (Wildman–Crippen MR) is 61.2 cm³/mol. The molecule has 0 fully saturated rings. The van der Waals surface area contributed by atoms with Crippen molar-refractivity contribution in [1.82, 2.24) is 0 Å². The lowest BCUT2D eigenvalue weighted by molar-refractivity contribution is -0.143. The third kappa shape index (κ3) is 3.80. The van der Waals surface area contributed by atoms with E-state index in [0.29, 0.717) is 11.6 Å². The Kier molecular flexibility index (Phi) is 4.43. The van der Waals surface area contributed by atoms with E-state index in [0.717, 1.165) is 5.69 Å². The van der Waals surface area contributed by atoms with E-state index in [2.05, 4.69) is 5.32 Å². The Labute approximate surface area is 94.4 Å². The minimum absolute atomic E-state index is 0.266. The first kappa shape index (κ1) is 11.9. The minimum Gasteiger partial charge on any atom is -0.464 e. The van der Waals surface area contributed by atoms with E-state index in [1.165, 1.54) is 0 Å². The zero-order valence-corrected chi connectivity index (χ0v) is 9.54. The van der Waals surface area contributed by atoms with E-state index in [1.54, 1.807) is 26.0 Å². The van der Waals surface area contributed by atoms with Crippen molar-refractivity contribution in [1.29, 1.82) is 0 Å². The van der Waals surface area contributed by atoms with Gasteiger partial charge in [-0.05, 0) is 32.0 Å². The maximum Gasteiger partial charge on any atom is 0.328 e. The predicted octanol–water partition coefficient (Wildman–Crippen LogP) is 2.70. The number of ether oxygens (including phenoxy) is 1. The van der Waals surface area contributed by atoms with Gasteiger partial charge in [-0.1, -0.05) is 17.7 Å². The summed E-state index contributed by atoms with van der Waals surface area (Å²) in [5, 5.41) is 3.64. The van der Waals surface area contributed by atoms with Crippen molar-refractivity contribution in [3.8, 4) is 0 Å². The van der Waals surface area contributed by atoms with Gasteiger partial charge in [-0.3, -0.25) is 0 Å². The fraction of sp³-hybridized carbons (Fsp3) is 0.364. The SMILES string of the molecule is CCOC(=O)[C@H](C)Nc1cccc(Cl)c1. The number of hydrogen-bond acceptors (Lipinski definition) is 3. The summed E-state index contributed by atoms with van der Waals surface area (Å²) in [7, 11) is 0. The Morgan fingerprint density at radius 3 is 2.93 bits per heavy atom. The number of anilines is 1. The van der Waals surface area contributed by atoms with E-state index in [4.69, 9.17) is 16.3 Å². The van der Waals surface area contributed by atoms with Crippen LogP contribution in [0.15, 0.2) is 24.3 Å². The Morgan fingerprint density at radius 2 is 2.33 bits per heavy atom. The maximum atomic E-state index is 11.3. The second-order valence-corrected chi connectivity index (χ2v) is 3.56. The number of nitrogens with one attached hydrogen (secondary N) is 1. The largest absolute Gasteiger partial charge is 0.464 e. The molecule has 15 heavy (non-hydrogen) atoms. The average molecular weight is 228 g/mol. The van der Waals surface area contributed by atoms with Gasteiger partial charge in [0.2, 0.25) is 0 Å². The summed E-state index contributed by atoms with van der Waals surface area (Å²) in [6, 6.07) is 6.84. The molecule has 1 aromatic rings. The molecule has 0 heterocycles. The van der Waals surface area contributed by atoms with Crippen molar-refractivity contribution < 1.29 is 9.53 Å².